The Morgan fingerprint density at radius 1 is 1.35 bits per heavy atom. The fraction of sp³-hybridized carbons (Fsp3) is 0.308. The van der Waals surface area contributed by atoms with E-state index in [2.05, 4.69) is 10.6 Å². The molecule has 0 saturated heterocycles. The quantitative estimate of drug-likeness (QED) is 0.639. The lowest BCUT2D eigenvalue weighted by molar-refractivity contribution is -0.121. The van der Waals surface area contributed by atoms with Crippen molar-refractivity contribution < 1.29 is 13.2 Å². The topological polar surface area (TPSA) is 101 Å². The van der Waals surface area contributed by atoms with E-state index in [1.54, 1.807) is 12.1 Å². The fourth-order valence-electron chi connectivity index (χ4n) is 1.93. The minimum absolute atomic E-state index is 0.0556. The molecule has 1 atom stereocenters. The van der Waals surface area contributed by atoms with E-state index in [9.17, 15) is 13.2 Å². The first-order valence-electron chi connectivity index (χ1n) is 6.26. The van der Waals surface area contributed by atoms with Crippen molar-refractivity contribution in [2.75, 3.05) is 13.1 Å². The summed E-state index contributed by atoms with van der Waals surface area (Å²) in [4.78, 5) is 11.8. The Morgan fingerprint density at radius 2 is 2.05 bits per heavy atom. The molecule has 0 aliphatic carbocycles. The Labute approximate surface area is 118 Å². The summed E-state index contributed by atoms with van der Waals surface area (Å²) >= 11 is 0. The molecule has 1 aliphatic heterocycles. The van der Waals surface area contributed by atoms with Gasteiger partial charge in [-0.05, 0) is 24.1 Å². The highest BCUT2D eigenvalue weighted by atomic mass is 32.2. The van der Waals surface area contributed by atoms with Crippen LogP contribution in [0.2, 0.25) is 0 Å². The molecular formula is C13H17N3O3S. The number of nitrogens with two attached hydrogens (primary N) is 1. The van der Waals surface area contributed by atoms with Crippen LogP contribution in [0.3, 0.4) is 0 Å². The molecule has 0 aromatic heterocycles. The number of carbonyl (C=O) groups is 1. The average molecular weight is 295 g/mol. The maximum Gasteiger partial charge on any atom is 0.241 e. The molecule has 0 saturated carbocycles. The number of nitrogens with one attached hydrogen (secondary N) is 2. The zero-order chi connectivity index (χ0) is 14.6. The lowest BCUT2D eigenvalue weighted by Gasteiger charge is -2.10. The van der Waals surface area contributed by atoms with Gasteiger partial charge >= 0.3 is 0 Å². The van der Waals surface area contributed by atoms with Crippen LogP contribution < -0.4 is 15.8 Å². The Balaban J connectivity index is 1.82. The van der Waals surface area contributed by atoms with Crippen LogP contribution in [-0.2, 0) is 21.2 Å². The highest BCUT2D eigenvalue weighted by molar-refractivity contribution is 7.89. The molecule has 1 amide bonds. The van der Waals surface area contributed by atoms with Crippen molar-refractivity contribution in [3.05, 3.63) is 42.0 Å². The van der Waals surface area contributed by atoms with Gasteiger partial charge < -0.3 is 5.32 Å². The van der Waals surface area contributed by atoms with Crippen LogP contribution in [0.5, 0.6) is 0 Å². The highest BCUT2D eigenvalue weighted by Crippen LogP contribution is 2.08. The van der Waals surface area contributed by atoms with Gasteiger partial charge in [-0.2, -0.15) is 0 Å². The molecule has 0 bridgehead atoms. The number of amides is 1. The number of rotatable bonds is 5. The number of sulfonamides is 1. The van der Waals surface area contributed by atoms with Gasteiger partial charge in [-0.1, -0.05) is 24.3 Å². The van der Waals surface area contributed by atoms with E-state index in [0.717, 1.165) is 5.56 Å². The van der Waals surface area contributed by atoms with E-state index in [1.807, 2.05) is 12.2 Å². The minimum atomic E-state index is -3.65. The van der Waals surface area contributed by atoms with Crippen molar-refractivity contribution in [3.8, 4) is 0 Å². The highest BCUT2D eigenvalue weighted by Gasteiger charge is 2.16. The van der Waals surface area contributed by atoms with Gasteiger partial charge in [-0.3, -0.25) is 10.1 Å². The molecule has 20 heavy (non-hydrogen) atoms. The van der Waals surface area contributed by atoms with E-state index in [0.29, 0.717) is 19.5 Å². The van der Waals surface area contributed by atoms with Crippen LogP contribution >= 0.6 is 0 Å². The van der Waals surface area contributed by atoms with Crippen LogP contribution in [-0.4, -0.2) is 33.5 Å². The van der Waals surface area contributed by atoms with Gasteiger partial charge in [0.25, 0.3) is 0 Å². The van der Waals surface area contributed by atoms with Gasteiger partial charge in [0.05, 0.1) is 4.90 Å². The maximum atomic E-state index is 11.7. The standard InChI is InChI=1S/C13H17N3O3S/c14-20(18,19)11-5-3-10(4-6-11)7-9-16-13(17)12-2-1-8-15-12/h1-6,12,15H,7-9H2,(H,16,17)(H2,14,18,19). The SMILES string of the molecule is NS(=O)(=O)c1ccc(CCNC(=O)C2C=CCN2)cc1. The van der Waals surface area contributed by atoms with Crippen LogP contribution in [0.4, 0.5) is 0 Å². The molecule has 1 aromatic rings. The van der Waals surface area contributed by atoms with Crippen LogP contribution in [0, 0.1) is 0 Å². The first-order chi connectivity index (χ1) is 9.47. The van der Waals surface area contributed by atoms with Crippen molar-refractivity contribution in [2.45, 2.75) is 17.4 Å². The summed E-state index contributed by atoms with van der Waals surface area (Å²) in [7, 11) is -3.65. The Bertz CT molecular complexity index is 608. The molecule has 7 heteroatoms. The largest absolute Gasteiger partial charge is 0.354 e. The number of hydrogen-bond donors (Lipinski definition) is 3. The van der Waals surface area contributed by atoms with Crippen LogP contribution in [0.1, 0.15) is 5.56 Å². The summed E-state index contributed by atoms with van der Waals surface area (Å²) in [6, 6.07) is 6.07. The molecule has 108 valence electrons. The molecule has 0 radical (unpaired) electrons. The van der Waals surface area contributed by atoms with Gasteiger partial charge in [-0.15, -0.1) is 0 Å². The lowest BCUT2D eigenvalue weighted by Crippen LogP contribution is -2.41. The summed E-state index contributed by atoms with van der Waals surface area (Å²) in [5, 5.41) is 10.9. The van der Waals surface area contributed by atoms with E-state index in [-0.39, 0.29) is 16.8 Å². The first-order valence-corrected chi connectivity index (χ1v) is 7.81. The van der Waals surface area contributed by atoms with Crippen molar-refractivity contribution in [3.63, 3.8) is 0 Å². The van der Waals surface area contributed by atoms with Crippen molar-refractivity contribution in [1.29, 1.82) is 0 Å². The average Bonchev–Trinajstić information content (AvgIpc) is 2.92. The third-order valence-electron chi connectivity index (χ3n) is 3.03. The van der Waals surface area contributed by atoms with Gasteiger partial charge in [0, 0.05) is 13.1 Å². The summed E-state index contributed by atoms with van der Waals surface area (Å²) in [6.07, 6.45) is 4.37. The van der Waals surface area contributed by atoms with E-state index in [4.69, 9.17) is 5.14 Å². The normalized spacial score (nSPS) is 18.1. The zero-order valence-electron chi connectivity index (χ0n) is 10.9. The molecule has 1 unspecified atom stereocenters. The lowest BCUT2D eigenvalue weighted by atomic mass is 10.1. The van der Waals surface area contributed by atoms with E-state index in [1.165, 1.54) is 12.1 Å². The van der Waals surface area contributed by atoms with Gasteiger partial charge in [0.2, 0.25) is 15.9 Å². The second-order valence-corrected chi connectivity index (χ2v) is 6.11. The summed E-state index contributed by atoms with van der Waals surface area (Å²) in [5.41, 5.74) is 0.938. The van der Waals surface area contributed by atoms with Gasteiger partial charge in [0.1, 0.15) is 6.04 Å². The van der Waals surface area contributed by atoms with E-state index >= 15 is 0 Å². The molecule has 0 spiro atoms. The second kappa shape index (κ2) is 6.17. The van der Waals surface area contributed by atoms with Gasteiger partial charge in [-0.25, -0.2) is 13.6 Å². The Hall–Kier alpha value is -1.70. The molecule has 1 aliphatic rings. The molecule has 2 rings (SSSR count). The molecule has 4 N–H and O–H groups in total. The van der Waals surface area contributed by atoms with Crippen molar-refractivity contribution in [1.82, 2.24) is 10.6 Å². The number of hydrogen-bond acceptors (Lipinski definition) is 4. The smallest absolute Gasteiger partial charge is 0.241 e. The number of carbonyl (C=O) groups excluding carboxylic acids is 1. The second-order valence-electron chi connectivity index (χ2n) is 4.54. The summed E-state index contributed by atoms with van der Waals surface area (Å²) in [5.74, 6) is -0.0556. The van der Waals surface area contributed by atoms with Crippen molar-refractivity contribution >= 4 is 15.9 Å². The van der Waals surface area contributed by atoms with Crippen LogP contribution in [0.15, 0.2) is 41.3 Å². The summed E-state index contributed by atoms with van der Waals surface area (Å²) < 4.78 is 22.2. The summed E-state index contributed by atoms with van der Waals surface area (Å²) in [6.45, 7) is 1.21. The first kappa shape index (κ1) is 14.7. The monoisotopic (exact) mass is 295 g/mol. The van der Waals surface area contributed by atoms with E-state index < -0.39 is 10.0 Å². The Morgan fingerprint density at radius 3 is 2.60 bits per heavy atom. The Kier molecular flexibility index (Phi) is 4.53. The van der Waals surface area contributed by atoms with Gasteiger partial charge in [0.15, 0.2) is 0 Å². The molecule has 0 fully saturated rings. The fourth-order valence-corrected chi connectivity index (χ4v) is 2.45. The molecule has 1 aromatic carbocycles. The molecule has 1 heterocycles. The number of benzene rings is 1. The third-order valence-corrected chi connectivity index (χ3v) is 3.96. The molecular weight excluding hydrogens is 278 g/mol. The van der Waals surface area contributed by atoms with Crippen molar-refractivity contribution in [2.24, 2.45) is 5.14 Å². The predicted molar refractivity (Wildman–Crippen MR) is 75.5 cm³/mol. The zero-order valence-corrected chi connectivity index (χ0v) is 11.7. The molecule has 6 nitrogen and oxygen atoms in total. The maximum absolute atomic E-state index is 11.7. The third kappa shape index (κ3) is 3.89. The number of primary sulfonamides is 1. The van der Waals surface area contributed by atoms with Crippen LogP contribution in [0.25, 0.3) is 0 Å². The minimum Gasteiger partial charge on any atom is -0.354 e. The predicted octanol–water partition coefficient (Wildman–Crippen LogP) is -0.479.